The van der Waals surface area contributed by atoms with E-state index in [-0.39, 0.29) is 5.91 Å². The number of pyridine rings is 1. The summed E-state index contributed by atoms with van der Waals surface area (Å²) in [6, 6.07) is 3.58. The Bertz CT molecular complexity index is 410. The highest BCUT2D eigenvalue weighted by molar-refractivity contribution is 9.10. The van der Waals surface area contributed by atoms with Gasteiger partial charge in [-0.3, -0.25) is 4.79 Å². The van der Waals surface area contributed by atoms with Gasteiger partial charge in [0.1, 0.15) is 4.60 Å². The van der Waals surface area contributed by atoms with Crippen molar-refractivity contribution in [3.8, 4) is 0 Å². The number of rotatable bonds is 4. The molecule has 2 rings (SSSR count). The molecule has 1 aliphatic rings. The van der Waals surface area contributed by atoms with Crippen LogP contribution in [0.4, 0.5) is 0 Å². The summed E-state index contributed by atoms with van der Waals surface area (Å²) in [6.07, 6.45) is 7.82. The van der Waals surface area contributed by atoms with E-state index in [1.165, 1.54) is 25.7 Å². The van der Waals surface area contributed by atoms with Gasteiger partial charge in [-0.2, -0.15) is 0 Å². The Morgan fingerprint density at radius 3 is 2.72 bits per heavy atom. The lowest BCUT2D eigenvalue weighted by Gasteiger charge is -2.27. The van der Waals surface area contributed by atoms with Crippen molar-refractivity contribution in [2.24, 2.45) is 5.41 Å². The molecule has 18 heavy (non-hydrogen) atoms. The average Bonchev–Trinajstić information content (AvgIpc) is 2.86. The summed E-state index contributed by atoms with van der Waals surface area (Å²) in [7, 11) is 0. The summed E-state index contributed by atoms with van der Waals surface area (Å²) in [5.41, 5.74) is 0.959. The van der Waals surface area contributed by atoms with Crippen LogP contribution in [-0.2, 0) is 0 Å². The first-order valence-corrected chi connectivity index (χ1v) is 7.34. The quantitative estimate of drug-likeness (QED) is 0.864. The fraction of sp³-hybridized carbons (Fsp3) is 0.571. The number of carbonyl (C=O) groups is 1. The van der Waals surface area contributed by atoms with Crippen LogP contribution in [0.15, 0.2) is 22.9 Å². The third kappa shape index (κ3) is 3.10. The van der Waals surface area contributed by atoms with Crippen molar-refractivity contribution in [3.63, 3.8) is 0 Å². The molecule has 1 aliphatic carbocycles. The summed E-state index contributed by atoms with van der Waals surface area (Å²) in [5.74, 6) is -0.0188. The minimum atomic E-state index is -0.0188. The molecule has 1 aromatic rings. The van der Waals surface area contributed by atoms with Crippen molar-refractivity contribution in [3.05, 3.63) is 28.5 Å². The number of carbonyl (C=O) groups excluding carboxylic acids is 1. The van der Waals surface area contributed by atoms with Gasteiger partial charge in [-0.15, -0.1) is 0 Å². The topological polar surface area (TPSA) is 42.0 Å². The lowest BCUT2D eigenvalue weighted by Crippen LogP contribution is -2.35. The Labute approximate surface area is 117 Å². The van der Waals surface area contributed by atoms with E-state index in [4.69, 9.17) is 0 Å². The molecule has 0 bridgehead atoms. The number of halogens is 1. The van der Waals surface area contributed by atoms with Crippen molar-refractivity contribution in [2.45, 2.75) is 39.0 Å². The van der Waals surface area contributed by atoms with E-state index in [0.717, 1.165) is 17.6 Å². The molecule has 0 aromatic carbocycles. The summed E-state index contributed by atoms with van der Waals surface area (Å²) in [4.78, 5) is 16.1. The highest BCUT2D eigenvalue weighted by Gasteiger charge is 2.32. The van der Waals surface area contributed by atoms with E-state index in [1.807, 2.05) is 0 Å². The highest BCUT2D eigenvalue weighted by atomic mass is 79.9. The first-order valence-electron chi connectivity index (χ1n) is 6.55. The van der Waals surface area contributed by atoms with Crippen LogP contribution in [0.1, 0.15) is 49.4 Å². The number of hydrogen-bond donors (Lipinski definition) is 1. The van der Waals surface area contributed by atoms with Crippen LogP contribution in [-0.4, -0.2) is 17.4 Å². The summed E-state index contributed by atoms with van der Waals surface area (Å²) in [5, 5.41) is 3.06. The molecule has 0 radical (unpaired) electrons. The minimum Gasteiger partial charge on any atom is -0.351 e. The molecule has 1 N–H and O–H groups in total. The van der Waals surface area contributed by atoms with E-state index < -0.39 is 0 Å². The Hall–Kier alpha value is -0.900. The highest BCUT2D eigenvalue weighted by Crippen LogP contribution is 2.40. The van der Waals surface area contributed by atoms with Gasteiger partial charge in [0.05, 0.1) is 5.56 Å². The van der Waals surface area contributed by atoms with Gasteiger partial charge in [-0.25, -0.2) is 4.98 Å². The van der Waals surface area contributed by atoms with Crippen LogP contribution in [0.2, 0.25) is 0 Å². The predicted molar refractivity (Wildman–Crippen MR) is 75.5 cm³/mol. The van der Waals surface area contributed by atoms with Crippen LogP contribution in [0.3, 0.4) is 0 Å². The van der Waals surface area contributed by atoms with Gasteiger partial charge < -0.3 is 5.32 Å². The second kappa shape index (κ2) is 5.83. The van der Waals surface area contributed by atoms with Crippen LogP contribution in [0, 0.1) is 5.41 Å². The molecule has 0 aliphatic heterocycles. The Kier molecular flexibility index (Phi) is 4.38. The maximum Gasteiger partial charge on any atom is 0.252 e. The molecule has 0 spiro atoms. The standard InChI is InChI=1S/C14H19BrN2O/c1-2-14(7-3-4-8-14)10-17-13(18)11-5-6-12(15)16-9-11/h5-6,9H,2-4,7-8,10H2,1H3,(H,17,18). The third-order valence-electron chi connectivity index (χ3n) is 4.03. The van der Waals surface area contributed by atoms with Crippen molar-refractivity contribution < 1.29 is 4.79 Å². The van der Waals surface area contributed by atoms with Gasteiger partial charge in [-0.05, 0) is 52.7 Å². The molecule has 3 nitrogen and oxygen atoms in total. The Morgan fingerprint density at radius 1 is 1.44 bits per heavy atom. The second-order valence-corrected chi connectivity index (χ2v) is 5.93. The van der Waals surface area contributed by atoms with Gasteiger partial charge in [0, 0.05) is 12.7 Å². The predicted octanol–water partition coefficient (Wildman–Crippen LogP) is 3.54. The SMILES string of the molecule is CCC1(CNC(=O)c2ccc(Br)nc2)CCCC1. The number of aromatic nitrogens is 1. The largest absolute Gasteiger partial charge is 0.351 e. The summed E-state index contributed by atoms with van der Waals surface area (Å²) < 4.78 is 0.750. The lowest BCUT2D eigenvalue weighted by molar-refractivity contribution is 0.0928. The monoisotopic (exact) mass is 310 g/mol. The third-order valence-corrected chi connectivity index (χ3v) is 4.50. The van der Waals surface area contributed by atoms with Crippen LogP contribution in [0.25, 0.3) is 0 Å². The number of nitrogens with one attached hydrogen (secondary N) is 1. The van der Waals surface area contributed by atoms with Crippen molar-refractivity contribution in [1.82, 2.24) is 10.3 Å². The zero-order chi connectivity index (χ0) is 13.0. The van der Waals surface area contributed by atoms with Crippen LogP contribution in [0.5, 0.6) is 0 Å². The average molecular weight is 311 g/mol. The zero-order valence-corrected chi connectivity index (χ0v) is 12.3. The van der Waals surface area contributed by atoms with Crippen LogP contribution >= 0.6 is 15.9 Å². The molecule has 0 saturated heterocycles. The molecule has 0 atom stereocenters. The van der Waals surface area contributed by atoms with Gasteiger partial charge in [-0.1, -0.05) is 19.8 Å². The van der Waals surface area contributed by atoms with E-state index in [0.29, 0.717) is 11.0 Å². The lowest BCUT2D eigenvalue weighted by atomic mass is 9.83. The minimum absolute atomic E-state index is 0.0188. The molecule has 4 heteroatoms. The normalized spacial score (nSPS) is 17.7. The van der Waals surface area contributed by atoms with Gasteiger partial charge in [0.25, 0.3) is 5.91 Å². The maximum absolute atomic E-state index is 12.0. The van der Waals surface area contributed by atoms with E-state index in [2.05, 4.69) is 33.2 Å². The molecule has 1 fully saturated rings. The van der Waals surface area contributed by atoms with E-state index >= 15 is 0 Å². The fourth-order valence-electron chi connectivity index (χ4n) is 2.66. The van der Waals surface area contributed by atoms with Crippen LogP contribution < -0.4 is 5.32 Å². The molecular formula is C14H19BrN2O. The smallest absolute Gasteiger partial charge is 0.252 e. The fourth-order valence-corrected chi connectivity index (χ4v) is 2.89. The van der Waals surface area contributed by atoms with E-state index in [1.54, 1.807) is 18.3 Å². The maximum atomic E-state index is 12.0. The van der Waals surface area contributed by atoms with Gasteiger partial charge in [0.2, 0.25) is 0 Å². The molecule has 0 unspecified atom stereocenters. The molecule has 98 valence electrons. The number of nitrogens with zero attached hydrogens (tertiary/aromatic N) is 1. The summed E-state index contributed by atoms with van der Waals surface area (Å²) in [6.45, 7) is 3.01. The molecular weight excluding hydrogens is 292 g/mol. The first kappa shape index (κ1) is 13.5. The summed E-state index contributed by atoms with van der Waals surface area (Å²) >= 11 is 3.26. The molecule has 1 amide bonds. The zero-order valence-electron chi connectivity index (χ0n) is 10.7. The van der Waals surface area contributed by atoms with Crippen molar-refractivity contribution >= 4 is 21.8 Å². The molecule has 1 saturated carbocycles. The number of hydrogen-bond acceptors (Lipinski definition) is 2. The Morgan fingerprint density at radius 2 is 2.17 bits per heavy atom. The van der Waals surface area contributed by atoms with Crippen molar-refractivity contribution in [1.29, 1.82) is 0 Å². The van der Waals surface area contributed by atoms with Gasteiger partial charge >= 0.3 is 0 Å². The first-order chi connectivity index (χ1) is 8.65. The van der Waals surface area contributed by atoms with E-state index in [9.17, 15) is 4.79 Å². The van der Waals surface area contributed by atoms with Gasteiger partial charge in [0.15, 0.2) is 0 Å². The van der Waals surface area contributed by atoms with Crippen molar-refractivity contribution in [2.75, 3.05) is 6.54 Å². The molecule has 1 heterocycles. The molecule has 1 aromatic heterocycles. The Balaban J connectivity index is 1.93. The second-order valence-electron chi connectivity index (χ2n) is 5.11. The number of amides is 1.